The zero-order chi connectivity index (χ0) is 11.2. The molecule has 0 aliphatic heterocycles. The first-order valence-electron chi connectivity index (χ1n) is 5.61. The van der Waals surface area contributed by atoms with Crippen molar-refractivity contribution in [3.8, 4) is 6.07 Å². The van der Waals surface area contributed by atoms with Crippen molar-refractivity contribution >= 4 is 10.8 Å². The van der Waals surface area contributed by atoms with Crippen LogP contribution < -0.4 is 0 Å². The summed E-state index contributed by atoms with van der Waals surface area (Å²) in [6, 6.07) is 12.5. The topological polar surface area (TPSA) is 36.7 Å². The van der Waals surface area contributed by atoms with Gasteiger partial charge in [0.15, 0.2) is 0 Å². The van der Waals surface area contributed by atoms with Gasteiger partial charge in [0, 0.05) is 23.7 Å². The minimum atomic E-state index is 0.644. The Labute approximate surface area is 95.6 Å². The van der Waals surface area contributed by atoms with E-state index in [4.69, 9.17) is 5.26 Å². The minimum Gasteiger partial charge on any atom is -0.261 e. The van der Waals surface area contributed by atoms with Gasteiger partial charge >= 0.3 is 0 Å². The van der Waals surface area contributed by atoms with Crippen molar-refractivity contribution in [2.24, 2.45) is 0 Å². The third kappa shape index (κ3) is 2.38. The first kappa shape index (κ1) is 10.6. The number of hydrogen-bond acceptors (Lipinski definition) is 2. The smallest absolute Gasteiger partial charge is 0.0621 e. The van der Waals surface area contributed by atoms with E-state index < -0.39 is 0 Å². The van der Waals surface area contributed by atoms with Gasteiger partial charge in [-0.2, -0.15) is 5.26 Å². The van der Waals surface area contributed by atoms with Crippen LogP contribution in [-0.2, 0) is 6.42 Å². The molecule has 0 N–H and O–H groups in total. The molecule has 0 aliphatic carbocycles. The summed E-state index contributed by atoms with van der Waals surface area (Å²) in [7, 11) is 0. The number of nitriles is 1. The van der Waals surface area contributed by atoms with Crippen molar-refractivity contribution in [2.45, 2.75) is 25.7 Å². The van der Waals surface area contributed by atoms with Crippen LogP contribution >= 0.6 is 0 Å². The van der Waals surface area contributed by atoms with Crippen LogP contribution in [0.4, 0.5) is 0 Å². The average Bonchev–Trinajstić information content (AvgIpc) is 2.35. The number of hydrogen-bond donors (Lipinski definition) is 0. The number of nitrogens with zero attached hydrogens (tertiary/aromatic N) is 2. The molecule has 1 aromatic carbocycles. The van der Waals surface area contributed by atoms with E-state index in [9.17, 15) is 0 Å². The molecule has 0 bridgehead atoms. The van der Waals surface area contributed by atoms with E-state index in [1.54, 1.807) is 0 Å². The zero-order valence-electron chi connectivity index (χ0n) is 9.19. The summed E-state index contributed by atoms with van der Waals surface area (Å²) < 4.78 is 0. The maximum atomic E-state index is 8.47. The molecule has 2 rings (SSSR count). The van der Waals surface area contributed by atoms with E-state index >= 15 is 0 Å². The molecule has 1 heterocycles. The summed E-state index contributed by atoms with van der Waals surface area (Å²) in [5.74, 6) is 0. The fourth-order valence-corrected chi connectivity index (χ4v) is 1.88. The number of unbranched alkanes of at least 4 members (excludes halogenated alkanes) is 2. The number of fused-ring (bicyclic) bond motifs is 1. The SMILES string of the molecule is N#CCCCCc1nccc2ccccc12. The number of benzene rings is 1. The summed E-state index contributed by atoms with van der Waals surface area (Å²) in [6.07, 6.45) is 5.46. The predicted octanol–water partition coefficient (Wildman–Crippen LogP) is 3.47. The second kappa shape index (κ2) is 5.27. The molecule has 80 valence electrons. The van der Waals surface area contributed by atoms with Gasteiger partial charge in [-0.05, 0) is 30.7 Å². The summed E-state index contributed by atoms with van der Waals surface area (Å²) >= 11 is 0. The zero-order valence-corrected chi connectivity index (χ0v) is 9.19. The molecule has 0 amide bonds. The minimum absolute atomic E-state index is 0.644. The number of aryl methyl sites for hydroxylation is 1. The van der Waals surface area contributed by atoms with Crippen molar-refractivity contribution in [1.82, 2.24) is 4.98 Å². The van der Waals surface area contributed by atoms with Gasteiger partial charge in [-0.25, -0.2) is 0 Å². The largest absolute Gasteiger partial charge is 0.261 e. The maximum Gasteiger partial charge on any atom is 0.0621 e. The molecule has 2 aromatic rings. The lowest BCUT2D eigenvalue weighted by molar-refractivity contribution is 0.743. The van der Waals surface area contributed by atoms with Gasteiger partial charge in [-0.15, -0.1) is 0 Å². The van der Waals surface area contributed by atoms with Crippen LogP contribution in [0.3, 0.4) is 0 Å². The fourth-order valence-electron chi connectivity index (χ4n) is 1.88. The van der Waals surface area contributed by atoms with Crippen molar-refractivity contribution in [1.29, 1.82) is 5.26 Å². The van der Waals surface area contributed by atoms with Gasteiger partial charge in [0.2, 0.25) is 0 Å². The van der Waals surface area contributed by atoms with E-state index in [2.05, 4.69) is 23.2 Å². The molecule has 0 fully saturated rings. The maximum absolute atomic E-state index is 8.47. The van der Waals surface area contributed by atoms with Crippen molar-refractivity contribution in [3.05, 3.63) is 42.2 Å². The Balaban J connectivity index is 2.15. The Kier molecular flexibility index (Phi) is 3.50. The number of pyridine rings is 1. The number of aromatic nitrogens is 1. The van der Waals surface area contributed by atoms with Gasteiger partial charge in [0.1, 0.15) is 0 Å². The standard InChI is InChI=1S/C14H14N2/c15-10-5-1-2-8-14-13-7-4-3-6-12(13)9-11-16-14/h3-4,6-7,9,11H,1-2,5,8H2. The van der Waals surface area contributed by atoms with E-state index in [-0.39, 0.29) is 0 Å². The molecular formula is C14H14N2. The second-order valence-electron chi connectivity index (χ2n) is 3.84. The van der Waals surface area contributed by atoms with Crippen molar-refractivity contribution in [2.75, 3.05) is 0 Å². The molecule has 0 radical (unpaired) electrons. The van der Waals surface area contributed by atoms with E-state index in [1.807, 2.05) is 24.4 Å². The van der Waals surface area contributed by atoms with Gasteiger partial charge in [0.05, 0.1) is 6.07 Å². The molecule has 0 saturated heterocycles. The summed E-state index contributed by atoms with van der Waals surface area (Å²) in [4.78, 5) is 4.42. The first-order chi connectivity index (χ1) is 7.92. The molecule has 0 spiro atoms. The van der Waals surface area contributed by atoms with Gasteiger partial charge in [-0.3, -0.25) is 4.98 Å². The highest BCUT2D eigenvalue weighted by molar-refractivity contribution is 5.84. The van der Waals surface area contributed by atoms with Crippen LogP contribution in [-0.4, -0.2) is 4.98 Å². The molecule has 1 aromatic heterocycles. The Hall–Kier alpha value is -1.88. The van der Waals surface area contributed by atoms with Crippen molar-refractivity contribution < 1.29 is 0 Å². The second-order valence-corrected chi connectivity index (χ2v) is 3.84. The van der Waals surface area contributed by atoms with Gasteiger partial charge in [0.25, 0.3) is 0 Å². The Morgan fingerprint density at radius 2 is 2.00 bits per heavy atom. The molecule has 2 heteroatoms. The van der Waals surface area contributed by atoms with Crippen LogP contribution in [0.15, 0.2) is 36.5 Å². The quantitative estimate of drug-likeness (QED) is 0.724. The summed E-state index contributed by atoms with van der Waals surface area (Å²) in [5.41, 5.74) is 1.15. The first-order valence-corrected chi connectivity index (χ1v) is 5.61. The molecule has 2 nitrogen and oxygen atoms in total. The fraction of sp³-hybridized carbons (Fsp3) is 0.286. The van der Waals surface area contributed by atoms with Gasteiger partial charge < -0.3 is 0 Å². The lowest BCUT2D eigenvalue weighted by Gasteiger charge is -2.04. The molecule has 0 saturated carbocycles. The molecule has 0 unspecified atom stereocenters. The van der Waals surface area contributed by atoms with Crippen LogP contribution in [0.25, 0.3) is 10.8 Å². The van der Waals surface area contributed by atoms with Gasteiger partial charge in [-0.1, -0.05) is 24.3 Å². The molecule has 0 atom stereocenters. The highest BCUT2D eigenvalue weighted by Gasteiger charge is 2.01. The average molecular weight is 210 g/mol. The normalized spacial score (nSPS) is 10.2. The van der Waals surface area contributed by atoms with E-state index in [0.29, 0.717) is 6.42 Å². The van der Waals surface area contributed by atoms with E-state index in [1.165, 1.54) is 10.8 Å². The lowest BCUT2D eigenvalue weighted by atomic mass is 10.1. The van der Waals surface area contributed by atoms with Crippen LogP contribution in [0.1, 0.15) is 25.0 Å². The summed E-state index contributed by atoms with van der Waals surface area (Å²) in [5, 5.41) is 11.0. The highest BCUT2D eigenvalue weighted by Crippen LogP contribution is 2.17. The number of rotatable bonds is 4. The Morgan fingerprint density at radius 3 is 2.88 bits per heavy atom. The predicted molar refractivity (Wildman–Crippen MR) is 64.9 cm³/mol. The highest BCUT2D eigenvalue weighted by atomic mass is 14.7. The molecule has 16 heavy (non-hydrogen) atoms. The van der Waals surface area contributed by atoms with Crippen LogP contribution in [0, 0.1) is 11.3 Å². The molecule has 0 aliphatic rings. The third-order valence-electron chi connectivity index (χ3n) is 2.71. The third-order valence-corrected chi connectivity index (χ3v) is 2.71. The lowest BCUT2D eigenvalue weighted by Crippen LogP contribution is -1.91. The monoisotopic (exact) mass is 210 g/mol. The Bertz CT molecular complexity index is 506. The summed E-state index contributed by atoms with van der Waals surface area (Å²) in [6.45, 7) is 0. The van der Waals surface area contributed by atoms with Crippen molar-refractivity contribution in [3.63, 3.8) is 0 Å². The van der Waals surface area contributed by atoms with E-state index in [0.717, 1.165) is 25.0 Å². The van der Waals surface area contributed by atoms with Crippen LogP contribution in [0.5, 0.6) is 0 Å². The molecular weight excluding hydrogens is 196 g/mol. The Morgan fingerprint density at radius 1 is 1.12 bits per heavy atom. The van der Waals surface area contributed by atoms with Crippen LogP contribution in [0.2, 0.25) is 0 Å².